The number of anilines is 1. The lowest BCUT2D eigenvalue weighted by molar-refractivity contribution is 0.0187. The third kappa shape index (κ3) is 6.57. The van der Waals surface area contributed by atoms with Crippen LogP contribution in [0.25, 0.3) is 0 Å². The highest BCUT2D eigenvalue weighted by Gasteiger charge is 2.27. The summed E-state index contributed by atoms with van der Waals surface area (Å²) in [6, 6.07) is 1.63. The highest BCUT2D eigenvalue weighted by molar-refractivity contribution is 6.29. The van der Waals surface area contributed by atoms with Crippen molar-refractivity contribution in [2.45, 2.75) is 46.1 Å². The number of aromatic nitrogens is 1. The highest BCUT2D eigenvalue weighted by atomic mass is 35.5. The quantitative estimate of drug-likeness (QED) is 0.598. The zero-order valence-corrected chi connectivity index (χ0v) is 17.1. The van der Waals surface area contributed by atoms with Crippen LogP contribution in [0.4, 0.5) is 10.5 Å². The van der Waals surface area contributed by atoms with Gasteiger partial charge in [0.2, 0.25) is 0 Å². The molecule has 0 saturated carbocycles. The van der Waals surface area contributed by atoms with Crippen molar-refractivity contribution in [3.63, 3.8) is 0 Å². The second kappa shape index (κ2) is 9.26. The first-order valence-corrected chi connectivity index (χ1v) is 9.62. The second-order valence-corrected chi connectivity index (χ2v) is 7.95. The van der Waals surface area contributed by atoms with Crippen molar-refractivity contribution in [3.8, 4) is 0 Å². The number of nitrogens with one attached hydrogen (secondary N) is 1. The zero-order valence-electron chi connectivity index (χ0n) is 16.4. The molecule has 1 amide bonds. The highest BCUT2D eigenvalue weighted by Crippen LogP contribution is 2.23. The molecule has 2 heterocycles. The summed E-state index contributed by atoms with van der Waals surface area (Å²) in [5.41, 5.74) is 0.495. The number of likely N-dealkylation sites (tertiary alicyclic amines) is 1. The van der Waals surface area contributed by atoms with Crippen LogP contribution in [0.2, 0.25) is 5.15 Å². The van der Waals surface area contributed by atoms with Crippen LogP contribution in [0, 0.1) is 5.92 Å². The summed E-state index contributed by atoms with van der Waals surface area (Å²) in [5.74, 6) is -0.0467. The van der Waals surface area contributed by atoms with Gasteiger partial charge in [-0.1, -0.05) is 11.6 Å². The van der Waals surface area contributed by atoms with Crippen LogP contribution in [-0.2, 0) is 9.47 Å². The number of halogens is 1. The monoisotopic (exact) mass is 397 g/mol. The fourth-order valence-electron chi connectivity index (χ4n) is 2.85. The molecule has 1 aromatic heterocycles. The van der Waals surface area contributed by atoms with Gasteiger partial charge in [0.15, 0.2) is 0 Å². The Hall–Kier alpha value is -2.02. The van der Waals surface area contributed by atoms with Crippen LogP contribution in [0.15, 0.2) is 12.3 Å². The predicted octanol–water partition coefficient (Wildman–Crippen LogP) is 3.97. The molecule has 0 unspecified atom stereocenters. The number of esters is 1. The Labute approximate surface area is 165 Å². The number of carbonyl (C=O) groups excluding carboxylic acids is 2. The molecule has 1 aliphatic heterocycles. The lowest BCUT2D eigenvalue weighted by atomic mass is 9.97. The van der Waals surface area contributed by atoms with Crippen molar-refractivity contribution >= 4 is 29.4 Å². The first kappa shape index (κ1) is 21.3. The van der Waals surface area contributed by atoms with Gasteiger partial charge in [0.05, 0.1) is 12.3 Å². The van der Waals surface area contributed by atoms with E-state index in [1.807, 2.05) is 20.8 Å². The fourth-order valence-corrected chi connectivity index (χ4v) is 3.01. The number of piperidine rings is 1. The van der Waals surface area contributed by atoms with E-state index in [1.165, 1.54) is 6.20 Å². The maximum absolute atomic E-state index is 12.1. The zero-order chi connectivity index (χ0) is 20.0. The van der Waals surface area contributed by atoms with Crippen molar-refractivity contribution in [1.29, 1.82) is 0 Å². The summed E-state index contributed by atoms with van der Waals surface area (Å²) in [6.45, 7) is 9.63. The number of hydrogen-bond acceptors (Lipinski definition) is 6. The maximum atomic E-state index is 12.1. The summed E-state index contributed by atoms with van der Waals surface area (Å²) < 4.78 is 10.5. The molecule has 1 N–H and O–H groups in total. The first-order chi connectivity index (χ1) is 12.7. The van der Waals surface area contributed by atoms with Crippen LogP contribution in [0.1, 0.15) is 50.9 Å². The van der Waals surface area contributed by atoms with Gasteiger partial charge in [-0.25, -0.2) is 14.6 Å². The minimum absolute atomic E-state index is 0.264. The van der Waals surface area contributed by atoms with Gasteiger partial charge in [0.1, 0.15) is 16.3 Å². The van der Waals surface area contributed by atoms with E-state index in [1.54, 1.807) is 17.9 Å². The molecular formula is C19H28ClN3O4. The van der Waals surface area contributed by atoms with E-state index in [0.717, 1.165) is 12.8 Å². The molecule has 0 aliphatic carbocycles. The van der Waals surface area contributed by atoms with Crippen LogP contribution in [0.3, 0.4) is 0 Å². The molecule has 27 heavy (non-hydrogen) atoms. The van der Waals surface area contributed by atoms with E-state index in [9.17, 15) is 9.59 Å². The molecular weight excluding hydrogens is 370 g/mol. The summed E-state index contributed by atoms with van der Waals surface area (Å²) in [6.07, 6.45) is 2.88. The number of pyridine rings is 1. The van der Waals surface area contributed by atoms with Crippen LogP contribution in [0.5, 0.6) is 0 Å². The Bertz CT molecular complexity index is 667. The summed E-state index contributed by atoms with van der Waals surface area (Å²) in [5, 5.41) is 3.60. The van der Waals surface area contributed by atoms with Crippen LogP contribution >= 0.6 is 11.6 Å². The van der Waals surface area contributed by atoms with Gasteiger partial charge in [0.25, 0.3) is 0 Å². The minimum atomic E-state index is -0.487. The molecule has 1 aromatic rings. The Morgan fingerprint density at radius 1 is 1.33 bits per heavy atom. The predicted molar refractivity (Wildman–Crippen MR) is 104 cm³/mol. The molecule has 1 fully saturated rings. The second-order valence-electron chi connectivity index (χ2n) is 7.56. The Kier molecular flexibility index (Phi) is 7.30. The molecule has 0 bridgehead atoms. The molecule has 0 atom stereocenters. The number of nitrogens with zero attached hydrogens (tertiary/aromatic N) is 2. The van der Waals surface area contributed by atoms with Crippen molar-refractivity contribution in [2.24, 2.45) is 5.92 Å². The molecule has 8 heteroatoms. The van der Waals surface area contributed by atoms with E-state index < -0.39 is 11.6 Å². The average molecular weight is 398 g/mol. The Morgan fingerprint density at radius 3 is 2.59 bits per heavy atom. The van der Waals surface area contributed by atoms with Crippen molar-refractivity contribution in [2.75, 3.05) is 31.6 Å². The van der Waals surface area contributed by atoms with Gasteiger partial charge < -0.3 is 19.7 Å². The van der Waals surface area contributed by atoms with Crippen molar-refractivity contribution in [1.82, 2.24) is 9.88 Å². The van der Waals surface area contributed by atoms with E-state index >= 15 is 0 Å². The molecule has 150 valence electrons. The average Bonchev–Trinajstić information content (AvgIpc) is 2.59. The molecule has 0 radical (unpaired) electrons. The maximum Gasteiger partial charge on any atom is 0.410 e. The topological polar surface area (TPSA) is 80.8 Å². The van der Waals surface area contributed by atoms with E-state index in [-0.39, 0.29) is 6.09 Å². The van der Waals surface area contributed by atoms with E-state index in [2.05, 4.69) is 10.3 Å². The molecule has 7 nitrogen and oxygen atoms in total. The SMILES string of the molecule is CCOC(=O)c1cnc(Cl)cc1NCC1CCN(C(=O)OC(C)(C)C)CC1. The molecule has 0 spiro atoms. The van der Waals surface area contributed by atoms with Gasteiger partial charge in [0, 0.05) is 25.8 Å². The summed E-state index contributed by atoms with van der Waals surface area (Å²) in [7, 11) is 0. The third-order valence-corrected chi connectivity index (χ3v) is 4.42. The number of carbonyl (C=O) groups is 2. The molecule has 2 rings (SSSR count). The Balaban J connectivity index is 1.89. The standard InChI is InChI=1S/C19H28ClN3O4/c1-5-26-17(24)14-12-22-16(20)10-15(14)21-11-13-6-8-23(9-7-13)18(25)27-19(2,3)4/h10,12-13H,5-9,11H2,1-4H3,(H,21,22). The lowest BCUT2D eigenvalue weighted by Crippen LogP contribution is -2.42. The van der Waals surface area contributed by atoms with Crippen molar-refractivity contribution in [3.05, 3.63) is 23.0 Å². The van der Waals surface area contributed by atoms with Gasteiger partial charge in [-0.05, 0) is 52.5 Å². The molecule has 1 saturated heterocycles. The minimum Gasteiger partial charge on any atom is -0.462 e. The van der Waals surface area contributed by atoms with E-state index in [0.29, 0.717) is 48.6 Å². The number of amides is 1. The number of hydrogen-bond donors (Lipinski definition) is 1. The van der Waals surface area contributed by atoms with Gasteiger partial charge >= 0.3 is 12.1 Å². The molecule has 1 aliphatic rings. The van der Waals surface area contributed by atoms with E-state index in [4.69, 9.17) is 21.1 Å². The van der Waals surface area contributed by atoms with Gasteiger partial charge in [-0.15, -0.1) is 0 Å². The largest absolute Gasteiger partial charge is 0.462 e. The Morgan fingerprint density at radius 2 is 2.00 bits per heavy atom. The van der Waals surface area contributed by atoms with Crippen LogP contribution in [-0.4, -0.2) is 53.8 Å². The number of ether oxygens (including phenoxy) is 2. The smallest absolute Gasteiger partial charge is 0.410 e. The van der Waals surface area contributed by atoms with Crippen LogP contribution < -0.4 is 5.32 Å². The third-order valence-electron chi connectivity index (χ3n) is 4.21. The summed E-state index contributed by atoms with van der Waals surface area (Å²) in [4.78, 5) is 29.9. The van der Waals surface area contributed by atoms with Gasteiger partial charge in [-0.2, -0.15) is 0 Å². The lowest BCUT2D eigenvalue weighted by Gasteiger charge is -2.33. The van der Waals surface area contributed by atoms with Crippen molar-refractivity contribution < 1.29 is 19.1 Å². The van der Waals surface area contributed by atoms with Gasteiger partial charge in [-0.3, -0.25) is 0 Å². The normalized spacial score (nSPS) is 15.4. The molecule has 0 aromatic carbocycles. The fraction of sp³-hybridized carbons (Fsp3) is 0.632. The summed E-state index contributed by atoms with van der Waals surface area (Å²) >= 11 is 5.97. The first-order valence-electron chi connectivity index (χ1n) is 9.24. The number of rotatable bonds is 5.